The number of aryl methyl sites for hydroxylation is 1. The monoisotopic (exact) mass is 503 g/mol. The number of ether oxygens (including phenoxy) is 2. The van der Waals surface area contributed by atoms with Gasteiger partial charge in [-0.3, -0.25) is 9.58 Å². The van der Waals surface area contributed by atoms with Crippen LogP contribution in [0.5, 0.6) is 5.75 Å². The Hall–Kier alpha value is -3.96. The lowest BCUT2D eigenvalue weighted by Crippen LogP contribution is -2.41. The van der Waals surface area contributed by atoms with Gasteiger partial charge >= 0.3 is 6.09 Å². The number of nitrogens with zero attached hydrogens (tertiary/aromatic N) is 4. The first kappa shape index (κ1) is 23.8. The summed E-state index contributed by atoms with van der Waals surface area (Å²) in [5.74, 6) is 6.32. The van der Waals surface area contributed by atoms with Crippen LogP contribution in [0.3, 0.4) is 0 Å². The lowest BCUT2D eigenvalue weighted by Gasteiger charge is -2.35. The van der Waals surface area contributed by atoms with Crippen molar-refractivity contribution in [1.82, 2.24) is 24.6 Å². The molecular weight excluding hydrogens is 478 g/mol. The smallest absolute Gasteiger partial charge is 0.411 e. The second kappa shape index (κ2) is 10.8. The second-order valence-electron chi connectivity index (χ2n) is 8.46. The molecule has 2 aromatic carbocycles. The van der Waals surface area contributed by atoms with E-state index in [4.69, 9.17) is 21.1 Å². The average Bonchev–Trinajstić information content (AvgIpc) is 3.54. The van der Waals surface area contributed by atoms with E-state index in [1.807, 2.05) is 42.5 Å². The van der Waals surface area contributed by atoms with Crippen LogP contribution in [0.1, 0.15) is 36.2 Å². The van der Waals surface area contributed by atoms with Crippen LogP contribution in [0.15, 0.2) is 55.1 Å². The van der Waals surface area contributed by atoms with Crippen molar-refractivity contribution in [2.24, 2.45) is 0 Å². The predicted octanol–water partition coefficient (Wildman–Crippen LogP) is 4.99. The predicted molar refractivity (Wildman–Crippen MR) is 137 cm³/mol. The van der Waals surface area contributed by atoms with Gasteiger partial charge in [-0.2, -0.15) is 5.10 Å². The van der Waals surface area contributed by atoms with Gasteiger partial charge in [0.1, 0.15) is 24.4 Å². The number of hydrogen-bond donors (Lipinski definition) is 1. The fraction of sp³-hybridized carbons (Fsp3) is 0.296. The molecule has 0 aliphatic carbocycles. The number of H-pyrrole nitrogens is 1. The first-order valence-electron chi connectivity index (χ1n) is 11.8. The van der Waals surface area contributed by atoms with E-state index in [0.717, 1.165) is 40.9 Å². The largest absolute Gasteiger partial charge is 0.494 e. The Labute approximate surface area is 214 Å². The van der Waals surface area contributed by atoms with Gasteiger partial charge in [-0.05, 0) is 54.8 Å². The van der Waals surface area contributed by atoms with Crippen LogP contribution in [0.2, 0.25) is 5.02 Å². The normalized spacial score (nSPS) is 14.7. The third-order valence-electron chi connectivity index (χ3n) is 6.23. The molecule has 8 nitrogen and oxygen atoms in total. The molecule has 0 fully saturated rings. The minimum Gasteiger partial charge on any atom is -0.494 e. The van der Waals surface area contributed by atoms with E-state index in [-0.39, 0.29) is 12.6 Å². The highest BCUT2D eigenvalue weighted by Gasteiger charge is 2.35. The molecule has 1 atom stereocenters. The fourth-order valence-corrected chi connectivity index (χ4v) is 4.74. The maximum absolute atomic E-state index is 13.0. The van der Waals surface area contributed by atoms with E-state index in [1.165, 1.54) is 11.9 Å². The van der Waals surface area contributed by atoms with E-state index in [0.29, 0.717) is 24.6 Å². The summed E-state index contributed by atoms with van der Waals surface area (Å²) in [5, 5.41) is 5.87. The number of rotatable bonds is 7. The van der Waals surface area contributed by atoms with Gasteiger partial charge in [-0.25, -0.2) is 9.78 Å². The molecule has 2 aromatic heterocycles. The fourth-order valence-electron chi connectivity index (χ4n) is 4.57. The van der Waals surface area contributed by atoms with Crippen molar-refractivity contribution < 1.29 is 14.3 Å². The minimum atomic E-state index is -0.390. The molecule has 0 bridgehead atoms. The molecule has 0 saturated carbocycles. The Balaban J connectivity index is 1.38. The quantitative estimate of drug-likeness (QED) is 0.284. The van der Waals surface area contributed by atoms with Crippen LogP contribution < -0.4 is 4.74 Å². The Morgan fingerprint density at radius 2 is 2.11 bits per heavy atom. The summed E-state index contributed by atoms with van der Waals surface area (Å²) in [4.78, 5) is 22.3. The Kier molecular flexibility index (Phi) is 7.10. The lowest BCUT2D eigenvalue weighted by atomic mass is 9.92. The number of nitrogens with one attached hydrogen (secondary N) is 1. The Morgan fingerprint density at radius 3 is 2.89 bits per heavy atom. The standard InChI is InChI=1S/C27H26ClN5O3/c1-2-3-14-36-27(34)33-13-11-22-23-16-20(28)7-10-24(23)31-25(22)26(33)19-5-8-21(9-6-19)35-15-4-12-32-18-29-17-30-32/h5-10,16-18,26,31H,4,11-15H2,1H3. The zero-order chi connectivity index (χ0) is 24.9. The number of carbonyl (C=O) groups is 1. The number of carbonyl (C=O) groups excluding carboxylic acids is 1. The van der Waals surface area contributed by atoms with Gasteiger partial charge in [0.05, 0.1) is 6.61 Å². The van der Waals surface area contributed by atoms with E-state index in [9.17, 15) is 4.79 Å². The summed E-state index contributed by atoms with van der Waals surface area (Å²) in [6, 6.07) is 13.4. The summed E-state index contributed by atoms with van der Waals surface area (Å²) >= 11 is 6.29. The molecule has 184 valence electrons. The highest BCUT2D eigenvalue weighted by molar-refractivity contribution is 6.31. The van der Waals surface area contributed by atoms with Crippen molar-refractivity contribution in [3.05, 3.63) is 77.0 Å². The third-order valence-corrected chi connectivity index (χ3v) is 6.47. The molecule has 1 aliphatic rings. The summed E-state index contributed by atoms with van der Waals surface area (Å²) < 4.78 is 13.1. The van der Waals surface area contributed by atoms with Crippen molar-refractivity contribution in [3.63, 3.8) is 0 Å². The molecule has 5 rings (SSSR count). The third kappa shape index (κ3) is 5.02. The summed E-state index contributed by atoms with van der Waals surface area (Å²) in [5.41, 5.74) is 4.10. The van der Waals surface area contributed by atoms with Gasteiger partial charge in [0.25, 0.3) is 0 Å². The van der Waals surface area contributed by atoms with E-state index < -0.39 is 6.09 Å². The van der Waals surface area contributed by atoms with Crippen molar-refractivity contribution in [1.29, 1.82) is 0 Å². The molecule has 1 amide bonds. The van der Waals surface area contributed by atoms with Crippen LogP contribution in [0.4, 0.5) is 4.79 Å². The van der Waals surface area contributed by atoms with Crippen LogP contribution in [0, 0.1) is 11.8 Å². The number of fused-ring (bicyclic) bond motifs is 3. The van der Waals surface area contributed by atoms with Crippen LogP contribution in [0.25, 0.3) is 10.9 Å². The van der Waals surface area contributed by atoms with E-state index in [1.54, 1.807) is 22.8 Å². The van der Waals surface area contributed by atoms with Gasteiger partial charge < -0.3 is 14.5 Å². The molecule has 9 heteroatoms. The second-order valence-corrected chi connectivity index (χ2v) is 8.90. The molecular formula is C27H26ClN5O3. The molecule has 4 aromatic rings. The average molecular weight is 504 g/mol. The number of aromatic nitrogens is 4. The van der Waals surface area contributed by atoms with Gasteiger partial charge in [0, 0.05) is 41.1 Å². The topological polar surface area (TPSA) is 85.3 Å². The Morgan fingerprint density at radius 1 is 1.25 bits per heavy atom. The highest BCUT2D eigenvalue weighted by Crippen LogP contribution is 2.39. The summed E-state index contributed by atoms with van der Waals surface area (Å²) in [6.07, 6.45) is 4.34. The molecule has 1 unspecified atom stereocenters. The number of aromatic amines is 1. The number of hydrogen-bond acceptors (Lipinski definition) is 5. The van der Waals surface area contributed by atoms with E-state index >= 15 is 0 Å². The van der Waals surface area contributed by atoms with Crippen molar-refractivity contribution in [2.45, 2.75) is 32.4 Å². The van der Waals surface area contributed by atoms with Crippen LogP contribution in [-0.4, -0.2) is 50.5 Å². The molecule has 1 aliphatic heterocycles. The molecule has 0 saturated heterocycles. The SMILES string of the molecule is CC#CCOC(=O)N1CCc2c([nH]c3ccc(Cl)cc23)C1c1ccc(OCCCn2cncn2)cc1. The van der Waals surface area contributed by atoms with Crippen LogP contribution >= 0.6 is 11.6 Å². The van der Waals surface area contributed by atoms with Gasteiger partial charge in [-0.1, -0.05) is 29.7 Å². The zero-order valence-electron chi connectivity index (χ0n) is 19.9. The van der Waals surface area contributed by atoms with Gasteiger partial charge in [0.2, 0.25) is 0 Å². The van der Waals surface area contributed by atoms with Gasteiger partial charge in [0.15, 0.2) is 6.61 Å². The summed E-state index contributed by atoms with van der Waals surface area (Å²) in [7, 11) is 0. The molecule has 0 spiro atoms. The van der Waals surface area contributed by atoms with Crippen molar-refractivity contribution in [3.8, 4) is 17.6 Å². The zero-order valence-corrected chi connectivity index (χ0v) is 20.7. The first-order valence-corrected chi connectivity index (χ1v) is 12.2. The molecule has 36 heavy (non-hydrogen) atoms. The number of halogens is 1. The first-order chi connectivity index (χ1) is 17.6. The molecule has 3 heterocycles. The molecule has 1 N–H and O–H groups in total. The summed E-state index contributed by atoms with van der Waals surface area (Å²) in [6.45, 7) is 3.61. The van der Waals surface area contributed by atoms with E-state index in [2.05, 4.69) is 26.9 Å². The minimum absolute atomic E-state index is 0.0646. The number of benzene rings is 2. The van der Waals surface area contributed by atoms with Crippen molar-refractivity contribution >= 4 is 28.6 Å². The number of amides is 1. The van der Waals surface area contributed by atoms with Crippen molar-refractivity contribution in [2.75, 3.05) is 19.8 Å². The molecule has 0 radical (unpaired) electrons. The highest BCUT2D eigenvalue weighted by atomic mass is 35.5. The van der Waals surface area contributed by atoms with Gasteiger partial charge in [-0.15, -0.1) is 5.92 Å². The van der Waals surface area contributed by atoms with Crippen LogP contribution in [-0.2, 0) is 17.7 Å². The Bertz CT molecular complexity index is 1400. The maximum atomic E-state index is 13.0. The lowest BCUT2D eigenvalue weighted by molar-refractivity contribution is 0.0993. The maximum Gasteiger partial charge on any atom is 0.411 e.